The average molecular weight is 318 g/mol. The summed E-state index contributed by atoms with van der Waals surface area (Å²) >= 11 is 0. The fraction of sp³-hybridized carbons (Fsp3) is 0.938. The molecular formula is C16H30O6. The van der Waals surface area contributed by atoms with E-state index in [9.17, 15) is 15.0 Å². The van der Waals surface area contributed by atoms with Gasteiger partial charge in [-0.2, -0.15) is 0 Å². The van der Waals surface area contributed by atoms with Gasteiger partial charge in [-0.3, -0.25) is 4.79 Å². The predicted octanol–water partition coefficient (Wildman–Crippen LogP) is 1.13. The molecule has 6 heteroatoms. The van der Waals surface area contributed by atoms with Crippen molar-refractivity contribution in [3.63, 3.8) is 0 Å². The fourth-order valence-electron chi connectivity index (χ4n) is 2.96. The van der Waals surface area contributed by atoms with Crippen LogP contribution in [0.3, 0.4) is 0 Å². The van der Waals surface area contributed by atoms with Crippen LogP contribution < -0.4 is 0 Å². The lowest BCUT2D eigenvalue weighted by atomic mass is 9.76. The van der Waals surface area contributed by atoms with Crippen molar-refractivity contribution < 1.29 is 29.2 Å². The Morgan fingerprint density at radius 1 is 1.18 bits per heavy atom. The van der Waals surface area contributed by atoms with Crippen LogP contribution in [-0.4, -0.2) is 60.9 Å². The quantitative estimate of drug-likeness (QED) is 0.739. The Labute approximate surface area is 132 Å². The van der Waals surface area contributed by atoms with Gasteiger partial charge in [0.25, 0.3) is 0 Å². The van der Waals surface area contributed by atoms with Crippen LogP contribution in [0.4, 0.5) is 0 Å². The molecule has 0 radical (unpaired) electrons. The molecule has 3 unspecified atom stereocenters. The molecule has 0 spiro atoms. The first-order valence-electron chi connectivity index (χ1n) is 7.66. The SMILES string of the molecule is COC1COC(COC(=O)C(C)(C)CC(C)(C)C)[C@@H](O)C1O. The third-order valence-electron chi connectivity index (χ3n) is 3.79. The van der Waals surface area contributed by atoms with Crippen LogP contribution in [0.25, 0.3) is 0 Å². The molecule has 22 heavy (non-hydrogen) atoms. The number of methoxy groups -OCH3 is 1. The Bertz CT molecular complexity index is 373. The maximum Gasteiger partial charge on any atom is 0.311 e. The van der Waals surface area contributed by atoms with Crippen molar-refractivity contribution in [1.82, 2.24) is 0 Å². The normalized spacial score (nSPS) is 30.2. The van der Waals surface area contributed by atoms with Crippen LogP contribution in [0.5, 0.6) is 0 Å². The molecule has 0 bridgehead atoms. The van der Waals surface area contributed by atoms with Gasteiger partial charge in [0, 0.05) is 7.11 Å². The zero-order valence-electron chi connectivity index (χ0n) is 14.5. The van der Waals surface area contributed by atoms with Gasteiger partial charge in [0.1, 0.15) is 31.0 Å². The third kappa shape index (κ3) is 5.19. The zero-order valence-corrected chi connectivity index (χ0v) is 14.5. The second-order valence-corrected chi connectivity index (χ2v) is 7.85. The Morgan fingerprint density at radius 2 is 1.77 bits per heavy atom. The van der Waals surface area contributed by atoms with Crippen LogP contribution in [0.2, 0.25) is 0 Å². The summed E-state index contributed by atoms with van der Waals surface area (Å²) in [5, 5.41) is 19.9. The molecule has 1 saturated heterocycles. The van der Waals surface area contributed by atoms with Crippen molar-refractivity contribution in [1.29, 1.82) is 0 Å². The number of hydrogen-bond donors (Lipinski definition) is 2. The predicted molar refractivity (Wildman–Crippen MR) is 81.4 cm³/mol. The number of ether oxygens (including phenoxy) is 3. The number of carbonyl (C=O) groups excluding carboxylic acids is 1. The minimum absolute atomic E-state index is 0.00521. The summed E-state index contributed by atoms with van der Waals surface area (Å²) in [6, 6.07) is 0. The molecule has 1 aliphatic heterocycles. The maximum atomic E-state index is 12.2. The zero-order chi connectivity index (χ0) is 17.1. The number of rotatable bonds is 5. The molecule has 0 saturated carbocycles. The highest BCUT2D eigenvalue weighted by Gasteiger charge is 2.40. The monoisotopic (exact) mass is 318 g/mol. The van der Waals surface area contributed by atoms with Gasteiger partial charge in [-0.15, -0.1) is 0 Å². The molecule has 1 heterocycles. The van der Waals surface area contributed by atoms with Gasteiger partial charge < -0.3 is 24.4 Å². The van der Waals surface area contributed by atoms with Crippen LogP contribution >= 0.6 is 0 Å². The van der Waals surface area contributed by atoms with E-state index >= 15 is 0 Å². The highest BCUT2D eigenvalue weighted by molar-refractivity contribution is 5.76. The molecule has 0 aliphatic carbocycles. The van der Waals surface area contributed by atoms with E-state index < -0.39 is 29.8 Å². The lowest BCUT2D eigenvalue weighted by Gasteiger charge is -2.37. The largest absolute Gasteiger partial charge is 0.462 e. The number of aliphatic hydroxyl groups excluding tert-OH is 2. The van der Waals surface area contributed by atoms with E-state index in [1.165, 1.54) is 7.11 Å². The van der Waals surface area contributed by atoms with E-state index in [0.717, 1.165) is 0 Å². The summed E-state index contributed by atoms with van der Waals surface area (Å²) < 4.78 is 15.7. The van der Waals surface area contributed by atoms with Crippen molar-refractivity contribution in [3.8, 4) is 0 Å². The standard InChI is InChI=1S/C16H30O6/c1-15(2,3)9-16(4,5)14(19)22-8-11-13(18)12(17)10(20-6)7-21-11/h10-13,17-18H,7-9H2,1-6H3/t10?,11?,12?,13-/m1/s1. The van der Waals surface area contributed by atoms with E-state index in [4.69, 9.17) is 14.2 Å². The van der Waals surface area contributed by atoms with Crippen molar-refractivity contribution >= 4 is 5.97 Å². The van der Waals surface area contributed by atoms with Crippen LogP contribution in [0, 0.1) is 10.8 Å². The molecule has 0 aromatic rings. The van der Waals surface area contributed by atoms with E-state index in [1.54, 1.807) is 0 Å². The van der Waals surface area contributed by atoms with E-state index in [1.807, 2.05) is 13.8 Å². The van der Waals surface area contributed by atoms with E-state index in [2.05, 4.69) is 20.8 Å². The van der Waals surface area contributed by atoms with Crippen molar-refractivity contribution in [2.24, 2.45) is 10.8 Å². The van der Waals surface area contributed by atoms with Gasteiger partial charge >= 0.3 is 5.97 Å². The summed E-state index contributed by atoms with van der Waals surface area (Å²) in [7, 11) is 1.44. The van der Waals surface area contributed by atoms with Gasteiger partial charge in [-0.05, 0) is 25.7 Å². The minimum Gasteiger partial charge on any atom is -0.462 e. The average Bonchev–Trinajstić information content (AvgIpc) is 2.37. The summed E-state index contributed by atoms with van der Waals surface area (Å²) in [6.45, 7) is 9.96. The van der Waals surface area contributed by atoms with Crippen molar-refractivity contribution in [2.45, 2.75) is 65.5 Å². The van der Waals surface area contributed by atoms with Gasteiger partial charge in [0.15, 0.2) is 0 Å². The lowest BCUT2D eigenvalue weighted by molar-refractivity contribution is -0.209. The topological polar surface area (TPSA) is 85.2 Å². The smallest absolute Gasteiger partial charge is 0.311 e. The highest BCUT2D eigenvalue weighted by Crippen LogP contribution is 2.34. The number of hydrogen-bond acceptors (Lipinski definition) is 6. The molecule has 0 aromatic carbocycles. The second-order valence-electron chi connectivity index (χ2n) is 7.85. The molecule has 1 aliphatic rings. The molecule has 0 aromatic heterocycles. The first-order chi connectivity index (χ1) is 9.98. The molecule has 1 rings (SSSR count). The van der Waals surface area contributed by atoms with E-state index in [0.29, 0.717) is 6.42 Å². The highest BCUT2D eigenvalue weighted by atomic mass is 16.6. The molecular weight excluding hydrogens is 288 g/mol. The molecule has 2 N–H and O–H groups in total. The van der Waals surface area contributed by atoms with Crippen molar-refractivity contribution in [2.75, 3.05) is 20.3 Å². The lowest BCUT2D eigenvalue weighted by Crippen LogP contribution is -2.55. The number of carbonyl (C=O) groups is 1. The Balaban J connectivity index is 2.54. The Kier molecular flexibility index (Phi) is 6.38. The van der Waals surface area contributed by atoms with Crippen LogP contribution in [0.15, 0.2) is 0 Å². The second kappa shape index (κ2) is 7.25. The first-order valence-corrected chi connectivity index (χ1v) is 7.66. The van der Waals surface area contributed by atoms with Gasteiger partial charge in [-0.25, -0.2) is 0 Å². The number of esters is 1. The van der Waals surface area contributed by atoms with Gasteiger partial charge in [0.05, 0.1) is 12.0 Å². The molecule has 4 atom stereocenters. The van der Waals surface area contributed by atoms with Gasteiger partial charge in [-0.1, -0.05) is 20.8 Å². The molecule has 0 amide bonds. The van der Waals surface area contributed by atoms with Crippen LogP contribution in [-0.2, 0) is 19.0 Å². The summed E-state index contributed by atoms with van der Waals surface area (Å²) in [5.41, 5.74) is -0.614. The Morgan fingerprint density at radius 3 is 2.27 bits per heavy atom. The van der Waals surface area contributed by atoms with Crippen molar-refractivity contribution in [3.05, 3.63) is 0 Å². The van der Waals surface area contributed by atoms with Gasteiger partial charge in [0.2, 0.25) is 0 Å². The first kappa shape index (κ1) is 19.4. The Hall–Kier alpha value is -0.690. The summed E-state index contributed by atoms with van der Waals surface area (Å²) in [4.78, 5) is 12.2. The molecule has 130 valence electrons. The summed E-state index contributed by atoms with van der Waals surface area (Å²) in [6.07, 6.45) is -2.82. The van der Waals surface area contributed by atoms with E-state index in [-0.39, 0.29) is 24.6 Å². The third-order valence-corrected chi connectivity index (χ3v) is 3.79. The van der Waals surface area contributed by atoms with Crippen LogP contribution in [0.1, 0.15) is 41.0 Å². The maximum absolute atomic E-state index is 12.2. The molecule has 1 fully saturated rings. The summed E-state index contributed by atoms with van der Waals surface area (Å²) in [5.74, 6) is -0.332. The number of aliphatic hydroxyl groups is 2. The minimum atomic E-state index is -1.14. The fourth-order valence-corrected chi connectivity index (χ4v) is 2.96. The molecule has 6 nitrogen and oxygen atoms in total.